The van der Waals surface area contributed by atoms with Gasteiger partial charge in [0.25, 0.3) is 11.8 Å². The molecule has 0 saturated carbocycles. The number of pyridine rings is 1. The van der Waals surface area contributed by atoms with E-state index in [1.54, 1.807) is 19.4 Å². The van der Waals surface area contributed by atoms with Crippen molar-refractivity contribution in [2.75, 3.05) is 73.9 Å². The predicted molar refractivity (Wildman–Crippen MR) is 192 cm³/mol. The van der Waals surface area contributed by atoms with Crippen LogP contribution < -0.4 is 25.2 Å². The maximum absolute atomic E-state index is 13.3. The number of thiophene rings is 1. The SMILES string of the molecule is COc1ccc(NC(=O)c2csc(-c3cc(NC(=O)c4ccnc(N5CCCC5)c4)ccc3C)c2)cc1N1CCN(C)CC1.O=C(O)C(F)(F)F. The zero-order chi connectivity index (χ0) is 36.7. The van der Waals surface area contributed by atoms with Gasteiger partial charge >= 0.3 is 12.1 Å². The highest BCUT2D eigenvalue weighted by atomic mass is 32.1. The highest BCUT2D eigenvalue weighted by Crippen LogP contribution is 2.34. The van der Waals surface area contributed by atoms with Gasteiger partial charge in [-0.1, -0.05) is 6.07 Å². The fraction of sp³-hybridized carbons (Fsp3) is 0.333. The summed E-state index contributed by atoms with van der Waals surface area (Å²) in [6.07, 6.45) is -1.09. The second kappa shape index (κ2) is 16.2. The minimum Gasteiger partial charge on any atom is -0.495 e. The Balaban J connectivity index is 0.000000654. The van der Waals surface area contributed by atoms with Crippen molar-refractivity contribution in [2.45, 2.75) is 25.9 Å². The monoisotopic (exact) mass is 724 g/mol. The molecule has 15 heteroatoms. The van der Waals surface area contributed by atoms with Crippen LogP contribution in [-0.2, 0) is 4.79 Å². The summed E-state index contributed by atoms with van der Waals surface area (Å²) in [5.41, 5.74) is 5.60. The van der Waals surface area contributed by atoms with Crippen LogP contribution in [0, 0.1) is 6.92 Å². The third-order valence-electron chi connectivity index (χ3n) is 8.58. The molecule has 4 aromatic rings. The second-order valence-corrected chi connectivity index (χ2v) is 13.1. The average Bonchev–Trinajstić information content (AvgIpc) is 3.83. The number of piperazine rings is 1. The van der Waals surface area contributed by atoms with E-state index >= 15 is 0 Å². The summed E-state index contributed by atoms with van der Waals surface area (Å²) in [7, 11) is 3.80. The minimum atomic E-state index is -5.08. The van der Waals surface area contributed by atoms with Crippen molar-refractivity contribution in [3.05, 3.63) is 82.9 Å². The Morgan fingerprint density at radius 1 is 0.843 bits per heavy atom. The molecule has 2 aromatic heterocycles. The summed E-state index contributed by atoms with van der Waals surface area (Å²) >= 11 is 1.51. The lowest BCUT2D eigenvalue weighted by molar-refractivity contribution is -0.192. The number of aromatic nitrogens is 1. The maximum Gasteiger partial charge on any atom is 0.490 e. The number of nitrogens with zero attached hydrogens (tertiary/aromatic N) is 4. The van der Waals surface area contributed by atoms with Crippen LogP contribution in [0.5, 0.6) is 5.75 Å². The minimum absolute atomic E-state index is 0.171. The number of hydrogen-bond acceptors (Lipinski definition) is 9. The van der Waals surface area contributed by atoms with Crippen LogP contribution in [0.15, 0.2) is 66.2 Å². The van der Waals surface area contributed by atoms with Gasteiger partial charge in [0.15, 0.2) is 0 Å². The summed E-state index contributed by atoms with van der Waals surface area (Å²) in [4.78, 5) is 47.6. The molecule has 4 heterocycles. The van der Waals surface area contributed by atoms with E-state index in [9.17, 15) is 22.8 Å². The van der Waals surface area contributed by atoms with Gasteiger partial charge in [0.2, 0.25) is 0 Å². The zero-order valence-electron chi connectivity index (χ0n) is 28.4. The average molecular weight is 725 g/mol. The highest BCUT2D eigenvalue weighted by molar-refractivity contribution is 7.13. The summed E-state index contributed by atoms with van der Waals surface area (Å²) < 4.78 is 37.4. The first-order chi connectivity index (χ1) is 24.3. The third-order valence-corrected chi connectivity index (χ3v) is 9.55. The first-order valence-corrected chi connectivity index (χ1v) is 17.1. The Morgan fingerprint density at radius 2 is 1.47 bits per heavy atom. The van der Waals surface area contributed by atoms with E-state index in [0.717, 1.165) is 91.1 Å². The lowest BCUT2D eigenvalue weighted by Crippen LogP contribution is -2.44. The number of amides is 2. The number of carboxylic acids is 1. The first kappa shape index (κ1) is 37.1. The summed E-state index contributed by atoms with van der Waals surface area (Å²) in [5.74, 6) is -1.47. The van der Waals surface area contributed by atoms with Crippen molar-refractivity contribution >= 4 is 52.0 Å². The summed E-state index contributed by atoms with van der Waals surface area (Å²) in [6.45, 7) is 7.73. The van der Waals surface area contributed by atoms with Crippen molar-refractivity contribution in [3.63, 3.8) is 0 Å². The van der Waals surface area contributed by atoms with Gasteiger partial charge in [-0.15, -0.1) is 11.3 Å². The van der Waals surface area contributed by atoms with E-state index in [-0.39, 0.29) is 11.8 Å². The standard InChI is InChI=1S/C34H38N6O3S.C2HF3O2/c1-23-6-7-26(36-33(41)24-10-11-35-32(19-24)40-12-4-5-13-40)20-28(23)31-18-25(22-44-31)34(42)37-27-8-9-30(43-3)29(21-27)39-16-14-38(2)15-17-39;3-2(4,5)1(6)7/h6-11,18-22H,4-5,12-17H2,1-3H3,(H,36,41)(H,37,42);(H,6,7). The number of methoxy groups -OCH3 is 1. The van der Waals surface area contributed by atoms with Gasteiger partial charge < -0.3 is 35.2 Å². The molecule has 0 spiro atoms. The molecule has 270 valence electrons. The quantitative estimate of drug-likeness (QED) is 0.184. The molecule has 0 aliphatic carbocycles. The molecule has 2 amide bonds. The number of anilines is 4. The molecule has 0 unspecified atom stereocenters. The molecule has 0 bridgehead atoms. The number of carbonyl (C=O) groups is 3. The lowest BCUT2D eigenvalue weighted by Gasteiger charge is -2.34. The second-order valence-electron chi connectivity index (χ2n) is 12.2. The van der Waals surface area contributed by atoms with Crippen molar-refractivity contribution in [2.24, 2.45) is 0 Å². The Morgan fingerprint density at radius 3 is 2.12 bits per heavy atom. The molecule has 2 fully saturated rings. The molecule has 3 N–H and O–H groups in total. The van der Waals surface area contributed by atoms with E-state index in [1.165, 1.54) is 11.3 Å². The van der Waals surface area contributed by atoms with E-state index in [4.69, 9.17) is 14.6 Å². The van der Waals surface area contributed by atoms with Crippen LogP contribution in [0.1, 0.15) is 39.1 Å². The number of halogens is 3. The van der Waals surface area contributed by atoms with Crippen LogP contribution in [-0.4, -0.2) is 92.4 Å². The molecule has 0 atom stereocenters. The molecule has 0 radical (unpaired) electrons. The molecule has 2 aliphatic heterocycles. The van der Waals surface area contributed by atoms with Gasteiger partial charge in [0, 0.05) is 72.7 Å². The van der Waals surface area contributed by atoms with E-state index in [2.05, 4.69) is 37.4 Å². The van der Waals surface area contributed by atoms with Crippen LogP contribution in [0.25, 0.3) is 10.4 Å². The Kier molecular flexibility index (Phi) is 11.8. The zero-order valence-corrected chi connectivity index (χ0v) is 29.2. The van der Waals surface area contributed by atoms with Gasteiger partial charge in [-0.2, -0.15) is 13.2 Å². The Labute approximate surface area is 297 Å². The van der Waals surface area contributed by atoms with Crippen molar-refractivity contribution < 1.29 is 37.4 Å². The van der Waals surface area contributed by atoms with E-state index in [1.807, 2.05) is 60.8 Å². The molecule has 2 saturated heterocycles. The molecule has 2 aliphatic rings. The van der Waals surface area contributed by atoms with Crippen LogP contribution in [0.2, 0.25) is 0 Å². The van der Waals surface area contributed by atoms with Crippen LogP contribution in [0.3, 0.4) is 0 Å². The van der Waals surface area contributed by atoms with Crippen molar-refractivity contribution in [1.82, 2.24) is 9.88 Å². The van der Waals surface area contributed by atoms with Crippen LogP contribution in [0.4, 0.5) is 36.1 Å². The third kappa shape index (κ3) is 9.55. The van der Waals surface area contributed by atoms with E-state index < -0.39 is 12.1 Å². The number of rotatable bonds is 8. The van der Waals surface area contributed by atoms with Gasteiger partial charge in [0.1, 0.15) is 11.6 Å². The van der Waals surface area contributed by atoms with Gasteiger partial charge in [0.05, 0.1) is 18.4 Å². The number of alkyl halides is 3. The molecular formula is C36H39F3N6O5S. The number of aryl methyl sites for hydroxylation is 1. The number of benzene rings is 2. The predicted octanol–water partition coefficient (Wildman–Crippen LogP) is 6.62. The Bertz CT molecular complexity index is 1870. The van der Waals surface area contributed by atoms with Gasteiger partial charge in [-0.05, 0) is 86.5 Å². The smallest absolute Gasteiger partial charge is 0.490 e. The number of ether oxygens (including phenoxy) is 1. The Hall–Kier alpha value is -5.15. The number of carbonyl (C=O) groups excluding carboxylic acids is 2. The lowest BCUT2D eigenvalue weighted by atomic mass is 10.1. The topological polar surface area (TPSA) is 127 Å². The molecule has 2 aromatic carbocycles. The normalized spacial score (nSPS) is 14.8. The molecule has 6 rings (SSSR count). The maximum atomic E-state index is 13.3. The number of likely N-dealkylation sites (N-methyl/N-ethyl adjacent to an activating group) is 1. The van der Waals surface area contributed by atoms with E-state index in [0.29, 0.717) is 16.8 Å². The largest absolute Gasteiger partial charge is 0.495 e. The van der Waals surface area contributed by atoms with Crippen LogP contribution >= 0.6 is 11.3 Å². The fourth-order valence-corrected chi connectivity index (χ4v) is 6.68. The van der Waals surface area contributed by atoms with Crippen molar-refractivity contribution in [3.8, 4) is 16.2 Å². The first-order valence-electron chi connectivity index (χ1n) is 16.3. The highest BCUT2D eigenvalue weighted by Gasteiger charge is 2.38. The molecule has 51 heavy (non-hydrogen) atoms. The number of carboxylic acid groups (broad SMARTS) is 1. The molecule has 11 nitrogen and oxygen atoms in total. The van der Waals surface area contributed by atoms with Crippen molar-refractivity contribution in [1.29, 1.82) is 0 Å². The summed E-state index contributed by atoms with van der Waals surface area (Å²) in [6, 6.07) is 17.1. The molecular weight excluding hydrogens is 685 g/mol. The van der Waals surface area contributed by atoms with Gasteiger partial charge in [-0.3, -0.25) is 9.59 Å². The summed E-state index contributed by atoms with van der Waals surface area (Å²) in [5, 5.41) is 15.1. The fourth-order valence-electron chi connectivity index (χ4n) is 5.71. The number of aliphatic carboxylic acids is 1. The number of nitrogens with one attached hydrogen (secondary N) is 2. The number of hydrogen-bond donors (Lipinski definition) is 3. The van der Waals surface area contributed by atoms with Gasteiger partial charge in [-0.25, -0.2) is 9.78 Å².